The molecule has 6 rings (SSSR count). The maximum atomic E-state index is 14.3. The molecule has 11 nitrogen and oxygen atoms in total. The van der Waals surface area contributed by atoms with Gasteiger partial charge in [-0.25, -0.2) is 9.18 Å². The van der Waals surface area contributed by atoms with Crippen LogP contribution in [0.25, 0.3) is 6.08 Å². The average Bonchev–Trinajstić information content (AvgIpc) is 3.03. The minimum Gasteiger partial charge on any atom is -0.492 e. The van der Waals surface area contributed by atoms with Crippen LogP contribution in [-0.2, 0) is 43.0 Å². The molecular weight excluding hydrogens is 599 g/mol. The number of halogens is 1. The Morgan fingerprint density at radius 3 is 2.02 bits per heavy atom. The third kappa shape index (κ3) is 4.58. The summed E-state index contributed by atoms with van der Waals surface area (Å²) < 4.78 is 29.5. The zero-order valence-electron chi connectivity index (χ0n) is 25.8. The summed E-state index contributed by atoms with van der Waals surface area (Å²) in [5.74, 6) is -3.83. The lowest BCUT2D eigenvalue weighted by Gasteiger charge is -2.57. The van der Waals surface area contributed by atoms with E-state index in [1.807, 2.05) is 0 Å². The lowest BCUT2D eigenvalue weighted by Crippen LogP contribution is -2.73. The number of methoxy groups -OCH3 is 2. The molecule has 4 atom stereocenters. The van der Waals surface area contributed by atoms with Crippen molar-refractivity contribution >= 4 is 41.1 Å². The highest BCUT2D eigenvalue weighted by Crippen LogP contribution is 2.47. The molecule has 1 saturated heterocycles. The minimum absolute atomic E-state index is 0.0106. The molecule has 2 aliphatic carbocycles. The van der Waals surface area contributed by atoms with Crippen LogP contribution < -0.4 is 0 Å². The van der Waals surface area contributed by atoms with Crippen LogP contribution in [-0.4, -0.2) is 96.9 Å². The van der Waals surface area contributed by atoms with Crippen LogP contribution in [0.3, 0.4) is 0 Å². The first kappa shape index (κ1) is 31.0. The fourth-order valence-corrected chi connectivity index (χ4v) is 7.33. The quantitative estimate of drug-likeness (QED) is 0.261. The second-order valence-corrected chi connectivity index (χ2v) is 11.8. The third-order valence-corrected chi connectivity index (χ3v) is 9.50. The predicted molar refractivity (Wildman–Crippen MR) is 159 cm³/mol. The maximum absolute atomic E-state index is 14.3. The van der Waals surface area contributed by atoms with Gasteiger partial charge in [0.2, 0.25) is 17.5 Å². The number of hydrogen-bond donors (Lipinski definition) is 0. The maximum Gasteiger partial charge on any atom is 0.330 e. The van der Waals surface area contributed by atoms with Crippen LogP contribution in [0.1, 0.15) is 32.3 Å². The van der Waals surface area contributed by atoms with E-state index < -0.39 is 65.8 Å². The van der Waals surface area contributed by atoms with Crippen molar-refractivity contribution < 1.29 is 47.4 Å². The molecule has 3 aliphatic heterocycles. The Hall–Kier alpha value is -4.97. The van der Waals surface area contributed by atoms with Gasteiger partial charge in [-0.15, -0.1) is 0 Å². The number of carbonyl (C=O) groups is 6. The van der Waals surface area contributed by atoms with E-state index in [-0.39, 0.29) is 63.6 Å². The predicted octanol–water partition coefficient (Wildman–Crippen LogP) is 2.18. The van der Waals surface area contributed by atoms with Gasteiger partial charge in [-0.05, 0) is 51.1 Å². The van der Waals surface area contributed by atoms with Crippen LogP contribution in [0.15, 0.2) is 75.3 Å². The summed E-state index contributed by atoms with van der Waals surface area (Å²) in [6.07, 6.45) is 2.43. The summed E-state index contributed by atoms with van der Waals surface area (Å²) in [4.78, 5) is 85.1. The number of rotatable bonds is 6. The van der Waals surface area contributed by atoms with E-state index in [2.05, 4.69) is 0 Å². The smallest absolute Gasteiger partial charge is 0.330 e. The average molecular weight is 631 g/mol. The zero-order valence-corrected chi connectivity index (χ0v) is 25.8. The summed E-state index contributed by atoms with van der Waals surface area (Å²) in [5, 5.41) is 0. The van der Waals surface area contributed by atoms with E-state index in [0.29, 0.717) is 5.56 Å². The summed E-state index contributed by atoms with van der Waals surface area (Å²) in [7, 11) is 4.26. The Kier molecular flexibility index (Phi) is 7.71. The van der Waals surface area contributed by atoms with E-state index in [1.54, 1.807) is 11.9 Å². The number of Topliss-reactive ketones (excluding diaryl/α,β-unsaturated/α-hetero) is 4. The topological polar surface area (TPSA) is 137 Å². The van der Waals surface area contributed by atoms with Crippen molar-refractivity contribution in [3.63, 3.8) is 0 Å². The fraction of sp³-hybridized carbons (Fsp3) is 0.353. The van der Waals surface area contributed by atoms with Gasteiger partial charge in [-0.3, -0.25) is 28.9 Å². The summed E-state index contributed by atoms with van der Waals surface area (Å²) in [6.45, 7) is 2.50. The molecule has 0 aromatic heterocycles. The van der Waals surface area contributed by atoms with Gasteiger partial charge >= 0.3 is 5.97 Å². The van der Waals surface area contributed by atoms with Crippen LogP contribution in [0.4, 0.5) is 4.39 Å². The number of esters is 1. The van der Waals surface area contributed by atoms with Crippen molar-refractivity contribution in [2.75, 3.05) is 27.9 Å². The summed E-state index contributed by atoms with van der Waals surface area (Å²) in [5.41, 5.74) is 1.34. The van der Waals surface area contributed by atoms with Crippen LogP contribution in [0.5, 0.6) is 0 Å². The van der Waals surface area contributed by atoms with E-state index in [0.717, 1.165) is 6.08 Å². The number of ketones is 4. The summed E-state index contributed by atoms with van der Waals surface area (Å²) >= 11 is 0. The number of allylic oxidation sites excluding steroid dienone is 4. The largest absolute Gasteiger partial charge is 0.492 e. The lowest BCUT2D eigenvalue weighted by molar-refractivity contribution is -0.158. The molecule has 238 valence electrons. The normalized spacial score (nSPS) is 26.6. The molecule has 0 spiro atoms. The summed E-state index contributed by atoms with van der Waals surface area (Å²) in [6, 6.07) is 1.70. The Morgan fingerprint density at radius 2 is 1.43 bits per heavy atom. The first-order valence-corrected chi connectivity index (χ1v) is 14.7. The van der Waals surface area contributed by atoms with Crippen LogP contribution in [0, 0.1) is 5.82 Å². The van der Waals surface area contributed by atoms with Crippen molar-refractivity contribution in [1.29, 1.82) is 0 Å². The van der Waals surface area contributed by atoms with E-state index in [1.165, 1.54) is 63.3 Å². The molecule has 3 heterocycles. The van der Waals surface area contributed by atoms with Crippen molar-refractivity contribution in [2.45, 2.75) is 50.9 Å². The van der Waals surface area contributed by atoms with Crippen LogP contribution >= 0.6 is 0 Å². The van der Waals surface area contributed by atoms with E-state index >= 15 is 0 Å². The number of nitrogens with zero attached hydrogens (tertiary/aromatic N) is 2. The SMILES string of the molecule is COC1=C(C)C(=O)C2=C(C1=O)[C@@H]1[C@@H]3CC4=C(C(=O)C(OC)=C(C)C4=O)[C@H](COC(=O)/C=C/c4ccc(F)cc4)N3C(=O)[C@H](C2)N1C. The standard InChI is InChI=1S/C34H31FN2O9/c1-15-28(39)19-12-21-27-26-20(29(40)16(2)33(45-5)31(26)42)13-22(36(27)3)34(43)37(21)23(25(19)30(41)32(15)44-4)14-46-24(38)11-8-17-6-9-18(35)10-7-17/h6-11,21-23,27H,12-14H2,1-5H3/b11-8+/t21-,22-,23-,27-/m0/s1. The Morgan fingerprint density at radius 1 is 0.870 bits per heavy atom. The molecular formula is C34H31FN2O9. The van der Waals surface area contributed by atoms with Gasteiger partial charge in [0.25, 0.3) is 0 Å². The Labute approximate surface area is 263 Å². The highest BCUT2D eigenvalue weighted by atomic mass is 19.1. The second-order valence-electron chi connectivity index (χ2n) is 11.8. The van der Waals surface area contributed by atoms with Gasteiger partial charge in [-0.2, -0.15) is 0 Å². The van der Waals surface area contributed by atoms with Crippen LogP contribution in [0.2, 0.25) is 0 Å². The number of amides is 1. The fourth-order valence-electron chi connectivity index (χ4n) is 7.33. The first-order valence-electron chi connectivity index (χ1n) is 14.7. The van der Waals surface area contributed by atoms with E-state index in [4.69, 9.17) is 14.2 Å². The van der Waals surface area contributed by atoms with Gasteiger partial charge in [0, 0.05) is 45.9 Å². The number of benzene rings is 1. The van der Waals surface area contributed by atoms with Gasteiger partial charge in [0.05, 0.1) is 38.4 Å². The van der Waals surface area contributed by atoms with Gasteiger partial charge in [0.15, 0.2) is 23.1 Å². The molecule has 12 heteroatoms. The Bertz CT molecular complexity index is 1800. The molecule has 0 unspecified atom stereocenters. The lowest BCUT2D eigenvalue weighted by atomic mass is 9.69. The molecule has 1 aromatic rings. The molecule has 1 fully saturated rings. The monoisotopic (exact) mass is 630 g/mol. The molecule has 5 aliphatic rings. The van der Waals surface area contributed by atoms with Crippen molar-refractivity contribution in [2.24, 2.45) is 0 Å². The highest BCUT2D eigenvalue weighted by Gasteiger charge is 2.59. The molecule has 1 amide bonds. The number of likely N-dealkylation sites (N-methyl/N-ethyl adjacent to an activating group) is 1. The molecule has 2 bridgehead atoms. The van der Waals surface area contributed by atoms with Gasteiger partial charge < -0.3 is 19.1 Å². The highest BCUT2D eigenvalue weighted by molar-refractivity contribution is 6.27. The third-order valence-electron chi connectivity index (χ3n) is 9.50. The Balaban J connectivity index is 1.42. The first-order chi connectivity index (χ1) is 21.9. The number of carbonyl (C=O) groups excluding carboxylic acids is 6. The molecule has 0 saturated carbocycles. The van der Waals surface area contributed by atoms with Gasteiger partial charge in [-0.1, -0.05) is 12.1 Å². The molecule has 46 heavy (non-hydrogen) atoms. The van der Waals surface area contributed by atoms with Crippen molar-refractivity contribution in [3.8, 4) is 0 Å². The number of fused-ring (bicyclic) bond motifs is 5. The zero-order chi connectivity index (χ0) is 33.2. The van der Waals surface area contributed by atoms with Crippen molar-refractivity contribution in [3.05, 3.63) is 86.7 Å². The van der Waals surface area contributed by atoms with E-state index in [9.17, 15) is 33.2 Å². The number of hydrogen-bond acceptors (Lipinski definition) is 10. The minimum atomic E-state index is -1.19. The molecule has 0 radical (unpaired) electrons. The molecule has 0 N–H and O–H groups in total. The van der Waals surface area contributed by atoms with Gasteiger partial charge in [0.1, 0.15) is 12.4 Å². The second kappa shape index (κ2) is 11.4. The number of piperazine rings is 1. The van der Waals surface area contributed by atoms with Crippen molar-refractivity contribution in [1.82, 2.24) is 9.80 Å². The molecule has 1 aromatic carbocycles. The number of ether oxygens (including phenoxy) is 3.